The van der Waals surface area contributed by atoms with Gasteiger partial charge >= 0.3 is 0 Å². The predicted octanol–water partition coefficient (Wildman–Crippen LogP) is 1.90. The van der Waals surface area contributed by atoms with Crippen LogP contribution >= 0.6 is 11.3 Å². The van der Waals surface area contributed by atoms with Crippen LogP contribution in [0, 0.1) is 6.92 Å². The Kier molecular flexibility index (Phi) is 6.10. The van der Waals surface area contributed by atoms with Gasteiger partial charge in [0.15, 0.2) is 0 Å². The summed E-state index contributed by atoms with van der Waals surface area (Å²) in [7, 11) is 0. The molecule has 0 radical (unpaired) electrons. The first-order valence-corrected chi connectivity index (χ1v) is 8.09. The molecule has 0 saturated heterocycles. The normalized spacial score (nSPS) is 10.2. The molecule has 0 unspecified atom stereocenters. The Morgan fingerprint density at radius 2 is 2.04 bits per heavy atom. The van der Waals surface area contributed by atoms with Crippen molar-refractivity contribution in [3.05, 3.63) is 45.9 Å². The zero-order valence-electron chi connectivity index (χ0n) is 13.1. The van der Waals surface area contributed by atoms with Crippen LogP contribution in [-0.2, 0) is 11.4 Å². The fourth-order valence-electron chi connectivity index (χ4n) is 1.88. The van der Waals surface area contributed by atoms with E-state index in [4.69, 9.17) is 4.74 Å². The fraction of sp³-hybridized carbons (Fsp3) is 0.312. The number of nitrogens with one attached hydrogen (secondary N) is 2. The minimum atomic E-state index is -0.203. The van der Waals surface area contributed by atoms with Crippen LogP contribution in [0.25, 0.3) is 0 Å². The lowest BCUT2D eigenvalue weighted by Gasteiger charge is -2.08. The van der Waals surface area contributed by atoms with Crippen molar-refractivity contribution in [2.75, 3.05) is 13.1 Å². The van der Waals surface area contributed by atoms with Crippen molar-refractivity contribution < 1.29 is 14.3 Å². The van der Waals surface area contributed by atoms with Crippen LogP contribution < -0.4 is 15.4 Å². The van der Waals surface area contributed by atoms with Gasteiger partial charge in [0, 0.05) is 31.0 Å². The van der Waals surface area contributed by atoms with Gasteiger partial charge in [-0.05, 0) is 25.1 Å². The molecule has 0 saturated carbocycles. The van der Waals surface area contributed by atoms with Crippen molar-refractivity contribution in [3.63, 3.8) is 0 Å². The topological polar surface area (TPSA) is 80.3 Å². The number of carbonyl (C=O) groups is 2. The molecule has 2 N–H and O–H groups in total. The largest absolute Gasteiger partial charge is 0.487 e. The standard InChI is InChI=1S/C16H19N3O3S/c1-11(20)17-6-7-18-16(21)13-4-3-5-15(8-13)22-9-14-10-23-12(2)19-14/h3-5,8,10H,6-7,9H2,1-2H3,(H,17,20)(H,18,21). The number of hydrogen-bond acceptors (Lipinski definition) is 5. The molecule has 0 bridgehead atoms. The minimum Gasteiger partial charge on any atom is -0.487 e. The van der Waals surface area contributed by atoms with Crippen LogP contribution in [0.5, 0.6) is 5.75 Å². The number of nitrogens with zero attached hydrogens (tertiary/aromatic N) is 1. The maximum absolute atomic E-state index is 12.0. The molecule has 1 heterocycles. The van der Waals surface area contributed by atoms with Gasteiger partial charge in [-0.1, -0.05) is 6.07 Å². The predicted molar refractivity (Wildman–Crippen MR) is 88.6 cm³/mol. The lowest BCUT2D eigenvalue weighted by atomic mass is 10.2. The van der Waals surface area contributed by atoms with Gasteiger partial charge in [0.05, 0.1) is 10.7 Å². The molecule has 2 aromatic rings. The van der Waals surface area contributed by atoms with Crippen LogP contribution in [0.3, 0.4) is 0 Å². The smallest absolute Gasteiger partial charge is 0.251 e. The van der Waals surface area contributed by atoms with E-state index in [1.54, 1.807) is 35.6 Å². The summed E-state index contributed by atoms with van der Waals surface area (Å²) in [6.45, 7) is 4.53. The summed E-state index contributed by atoms with van der Waals surface area (Å²) >= 11 is 1.58. The Morgan fingerprint density at radius 3 is 2.74 bits per heavy atom. The zero-order chi connectivity index (χ0) is 16.7. The van der Waals surface area contributed by atoms with Crippen molar-refractivity contribution in [1.29, 1.82) is 0 Å². The first-order valence-electron chi connectivity index (χ1n) is 7.21. The number of thiazole rings is 1. The Morgan fingerprint density at radius 1 is 1.26 bits per heavy atom. The first kappa shape index (κ1) is 17.0. The van der Waals surface area contributed by atoms with E-state index in [9.17, 15) is 9.59 Å². The van der Waals surface area contributed by atoms with E-state index in [-0.39, 0.29) is 11.8 Å². The van der Waals surface area contributed by atoms with Crippen molar-refractivity contribution in [2.45, 2.75) is 20.5 Å². The summed E-state index contributed by atoms with van der Waals surface area (Å²) in [6.07, 6.45) is 0. The third-order valence-corrected chi connectivity index (χ3v) is 3.76. The second kappa shape index (κ2) is 8.28. The number of amides is 2. The molecule has 0 aliphatic rings. The zero-order valence-corrected chi connectivity index (χ0v) is 13.9. The summed E-state index contributed by atoms with van der Waals surface area (Å²) in [4.78, 5) is 27.1. The second-order valence-electron chi connectivity index (χ2n) is 4.91. The number of benzene rings is 1. The number of rotatable bonds is 7. The van der Waals surface area contributed by atoms with Crippen LogP contribution in [0.2, 0.25) is 0 Å². The highest BCUT2D eigenvalue weighted by atomic mass is 32.1. The van der Waals surface area contributed by atoms with Gasteiger partial charge in [0.25, 0.3) is 5.91 Å². The van der Waals surface area contributed by atoms with Crippen LogP contribution in [0.15, 0.2) is 29.6 Å². The highest BCUT2D eigenvalue weighted by molar-refractivity contribution is 7.09. The molecule has 0 spiro atoms. The highest BCUT2D eigenvalue weighted by Crippen LogP contribution is 2.16. The SMILES string of the molecule is CC(=O)NCCNC(=O)c1cccc(OCc2csc(C)n2)c1. The molecule has 6 nitrogen and oxygen atoms in total. The molecule has 23 heavy (non-hydrogen) atoms. The van der Waals surface area contributed by atoms with Gasteiger partial charge in [-0.25, -0.2) is 4.98 Å². The maximum Gasteiger partial charge on any atom is 0.251 e. The molecule has 122 valence electrons. The summed E-state index contributed by atoms with van der Waals surface area (Å²) in [5.41, 5.74) is 1.39. The van der Waals surface area contributed by atoms with Crippen molar-refractivity contribution in [1.82, 2.24) is 15.6 Å². The minimum absolute atomic E-state index is 0.119. The van der Waals surface area contributed by atoms with E-state index in [1.807, 2.05) is 12.3 Å². The summed E-state index contributed by atoms with van der Waals surface area (Å²) in [5.74, 6) is 0.294. The number of hydrogen-bond donors (Lipinski definition) is 2. The molecule has 2 rings (SSSR count). The summed E-state index contributed by atoms with van der Waals surface area (Å²) in [6, 6.07) is 6.97. The highest BCUT2D eigenvalue weighted by Gasteiger charge is 2.07. The van der Waals surface area contributed by atoms with Gasteiger partial charge in [0.2, 0.25) is 5.91 Å². The Bertz CT molecular complexity index is 685. The Labute approximate surface area is 138 Å². The number of carbonyl (C=O) groups excluding carboxylic acids is 2. The van der Waals surface area contributed by atoms with E-state index in [1.165, 1.54) is 6.92 Å². The van der Waals surface area contributed by atoms with Gasteiger partial charge in [-0.3, -0.25) is 9.59 Å². The lowest BCUT2D eigenvalue weighted by molar-refractivity contribution is -0.118. The molecule has 0 aliphatic carbocycles. The second-order valence-corrected chi connectivity index (χ2v) is 5.98. The number of aromatic nitrogens is 1. The van der Waals surface area contributed by atoms with Crippen LogP contribution in [0.1, 0.15) is 28.0 Å². The molecule has 1 aromatic carbocycles. The van der Waals surface area contributed by atoms with E-state index in [0.29, 0.717) is 31.0 Å². The van der Waals surface area contributed by atoms with Crippen LogP contribution in [-0.4, -0.2) is 29.9 Å². The average Bonchev–Trinajstić information content (AvgIpc) is 2.95. The third-order valence-electron chi connectivity index (χ3n) is 2.93. The molecular formula is C16H19N3O3S. The van der Waals surface area contributed by atoms with E-state index in [2.05, 4.69) is 15.6 Å². The Hall–Kier alpha value is -2.41. The van der Waals surface area contributed by atoms with Gasteiger partial charge < -0.3 is 15.4 Å². The molecule has 2 amide bonds. The average molecular weight is 333 g/mol. The monoisotopic (exact) mass is 333 g/mol. The fourth-order valence-corrected chi connectivity index (χ4v) is 2.47. The van der Waals surface area contributed by atoms with E-state index in [0.717, 1.165) is 10.7 Å². The van der Waals surface area contributed by atoms with Crippen molar-refractivity contribution >= 4 is 23.2 Å². The molecule has 0 fully saturated rings. The number of ether oxygens (including phenoxy) is 1. The first-order chi connectivity index (χ1) is 11.0. The molecule has 1 aromatic heterocycles. The molecular weight excluding hydrogens is 314 g/mol. The van der Waals surface area contributed by atoms with Crippen molar-refractivity contribution in [2.24, 2.45) is 0 Å². The Balaban J connectivity index is 1.85. The molecule has 7 heteroatoms. The van der Waals surface area contributed by atoms with Crippen LogP contribution in [0.4, 0.5) is 0 Å². The number of aryl methyl sites for hydroxylation is 1. The molecule has 0 atom stereocenters. The summed E-state index contributed by atoms with van der Waals surface area (Å²) in [5, 5.41) is 8.31. The molecule has 0 aliphatic heterocycles. The van der Waals surface area contributed by atoms with Gasteiger partial charge in [0.1, 0.15) is 12.4 Å². The van der Waals surface area contributed by atoms with E-state index < -0.39 is 0 Å². The lowest BCUT2D eigenvalue weighted by Crippen LogP contribution is -2.33. The van der Waals surface area contributed by atoms with Gasteiger partial charge in [-0.15, -0.1) is 11.3 Å². The maximum atomic E-state index is 12.0. The van der Waals surface area contributed by atoms with Gasteiger partial charge in [-0.2, -0.15) is 0 Å². The third kappa shape index (κ3) is 5.71. The van der Waals surface area contributed by atoms with E-state index >= 15 is 0 Å². The quantitative estimate of drug-likeness (QED) is 0.758. The van der Waals surface area contributed by atoms with Crippen molar-refractivity contribution in [3.8, 4) is 5.75 Å². The summed E-state index contributed by atoms with van der Waals surface area (Å²) < 4.78 is 5.66.